The summed E-state index contributed by atoms with van der Waals surface area (Å²) in [5.74, 6) is -0.165. The molecule has 0 spiro atoms. The van der Waals surface area contributed by atoms with Crippen molar-refractivity contribution >= 4 is 38.6 Å². The predicted octanol–water partition coefficient (Wildman–Crippen LogP) is 4.60. The number of hydrogen-bond acceptors (Lipinski definition) is 5. The van der Waals surface area contributed by atoms with Gasteiger partial charge in [-0.15, -0.1) is 0 Å². The molecule has 1 N–H and O–H groups in total. The van der Waals surface area contributed by atoms with Crippen molar-refractivity contribution in [3.63, 3.8) is 0 Å². The normalized spacial score (nSPS) is 15.0. The molecule has 0 unspecified atom stereocenters. The molecule has 0 aromatic heterocycles. The molecule has 0 atom stereocenters. The molecule has 3 rings (SSSR count). The zero-order valence-corrected chi connectivity index (χ0v) is 20.8. The number of carbonyl (C=O) groups is 2. The largest absolute Gasteiger partial charge is 0.339 e. The Morgan fingerprint density at radius 3 is 2.24 bits per heavy atom. The predicted molar refractivity (Wildman–Crippen MR) is 132 cm³/mol. The van der Waals surface area contributed by atoms with Crippen LogP contribution < -0.4 is 5.32 Å². The molecular formula is C24H31N3O4S2. The van der Waals surface area contributed by atoms with Crippen LogP contribution in [0.15, 0.2) is 58.3 Å². The van der Waals surface area contributed by atoms with Crippen LogP contribution >= 0.6 is 11.8 Å². The van der Waals surface area contributed by atoms with Gasteiger partial charge in [-0.1, -0.05) is 37.1 Å². The summed E-state index contributed by atoms with van der Waals surface area (Å²) in [5, 5.41) is 2.76. The quantitative estimate of drug-likeness (QED) is 0.575. The second kappa shape index (κ2) is 11.7. The number of thioether (sulfide) groups is 1. The lowest BCUT2D eigenvalue weighted by molar-refractivity contribution is -0.116. The first-order chi connectivity index (χ1) is 15.8. The van der Waals surface area contributed by atoms with E-state index < -0.39 is 10.0 Å². The van der Waals surface area contributed by atoms with Crippen LogP contribution in [0.2, 0.25) is 0 Å². The van der Waals surface area contributed by atoms with Gasteiger partial charge in [0.25, 0.3) is 5.24 Å². The van der Waals surface area contributed by atoms with Gasteiger partial charge >= 0.3 is 0 Å². The molecular weight excluding hydrogens is 458 g/mol. The Labute approximate surface area is 200 Å². The standard InChI is InChI=1S/C24H31N3O4S2/c1-26(2)24(29)32-22-10-6-5-9-21(22)25-23(28)16-13-19-11-14-20(15-12-19)33(30,31)27-17-7-3-4-8-18-27/h5-6,9-12,14-15H,3-4,7-8,13,16-18H2,1-2H3,(H,25,28). The van der Waals surface area contributed by atoms with Crippen molar-refractivity contribution < 1.29 is 18.0 Å². The van der Waals surface area contributed by atoms with E-state index in [0.29, 0.717) is 35.0 Å². The summed E-state index contributed by atoms with van der Waals surface area (Å²) in [5.41, 5.74) is 1.49. The Morgan fingerprint density at radius 2 is 1.61 bits per heavy atom. The zero-order chi connectivity index (χ0) is 23.8. The van der Waals surface area contributed by atoms with Gasteiger partial charge in [-0.3, -0.25) is 9.59 Å². The number of nitrogens with one attached hydrogen (secondary N) is 1. The average Bonchev–Trinajstić information content (AvgIpc) is 3.09. The molecule has 1 aliphatic rings. The van der Waals surface area contributed by atoms with Crippen LogP contribution in [0.25, 0.3) is 0 Å². The molecule has 2 amide bonds. The Bertz CT molecular complexity index is 1060. The van der Waals surface area contributed by atoms with Crippen molar-refractivity contribution in [2.75, 3.05) is 32.5 Å². The number of para-hydroxylation sites is 1. The Balaban J connectivity index is 1.58. The summed E-state index contributed by atoms with van der Waals surface area (Å²) in [6.07, 6.45) is 4.68. The van der Waals surface area contributed by atoms with E-state index in [9.17, 15) is 18.0 Å². The summed E-state index contributed by atoms with van der Waals surface area (Å²) < 4.78 is 27.4. The summed E-state index contributed by atoms with van der Waals surface area (Å²) in [6, 6.07) is 14.0. The molecule has 0 saturated carbocycles. The van der Waals surface area contributed by atoms with E-state index in [1.54, 1.807) is 54.8 Å². The van der Waals surface area contributed by atoms with Crippen molar-refractivity contribution in [3.8, 4) is 0 Å². The number of anilines is 1. The SMILES string of the molecule is CN(C)C(=O)Sc1ccccc1NC(=O)CCc1ccc(S(=O)(=O)N2CCCCCC2)cc1. The monoisotopic (exact) mass is 489 g/mol. The lowest BCUT2D eigenvalue weighted by Gasteiger charge is -2.20. The molecule has 9 heteroatoms. The highest BCUT2D eigenvalue weighted by atomic mass is 32.2. The minimum Gasteiger partial charge on any atom is -0.339 e. The minimum atomic E-state index is -3.47. The van der Waals surface area contributed by atoms with E-state index in [1.807, 2.05) is 12.1 Å². The highest BCUT2D eigenvalue weighted by molar-refractivity contribution is 8.13. The van der Waals surface area contributed by atoms with Crippen molar-refractivity contribution in [2.45, 2.75) is 48.3 Å². The average molecular weight is 490 g/mol. The maximum absolute atomic E-state index is 12.9. The molecule has 0 bridgehead atoms. The van der Waals surface area contributed by atoms with Crippen LogP contribution in [-0.2, 0) is 21.2 Å². The molecule has 0 aliphatic carbocycles. The van der Waals surface area contributed by atoms with Gasteiger partial charge in [0.1, 0.15) is 0 Å². The Hall–Kier alpha value is -2.36. The van der Waals surface area contributed by atoms with E-state index >= 15 is 0 Å². The molecule has 2 aromatic rings. The van der Waals surface area contributed by atoms with E-state index in [0.717, 1.165) is 43.0 Å². The molecule has 178 valence electrons. The number of carbonyl (C=O) groups excluding carboxylic acids is 2. The van der Waals surface area contributed by atoms with Gasteiger partial charge in [-0.2, -0.15) is 4.31 Å². The maximum atomic E-state index is 12.9. The fourth-order valence-electron chi connectivity index (χ4n) is 3.57. The first-order valence-electron chi connectivity index (χ1n) is 11.1. The Morgan fingerprint density at radius 1 is 0.970 bits per heavy atom. The number of benzene rings is 2. The van der Waals surface area contributed by atoms with Gasteiger partial charge in [0.05, 0.1) is 10.6 Å². The van der Waals surface area contributed by atoms with Crippen molar-refractivity contribution in [2.24, 2.45) is 0 Å². The van der Waals surface area contributed by atoms with E-state index in [-0.39, 0.29) is 17.6 Å². The fourth-order valence-corrected chi connectivity index (χ4v) is 5.84. The van der Waals surface area contributed by atoms with Crippen LogP contribution in [-0.4, -0.2) is 56.0 Å². The van der Waals surface area contributed by atoms with Crippen LogP contribution in [0.4, 0.5) is 10.5 Å². The lowest BCUT2D eigenvalue weighted by Crippen LogP contribution is -2.31. The van der Waals surface area contributed by atoms with E-state index in [2.05, 4.69) is 5.32 Å². The summed E-state index contributed by atoms with van der Waals surface area (Å²) >= 11 is 1.06. The lowest BCUT2D eigenvalue weighted by atomic mass is 10.1. The third-order valence-corrected chi connectivity index (χ3v) is 8.52. The van der Waals surface area contributed by atoms with E-state index in [4.69, 9.17) is 0 Å². The topological polar surface area (TPSA) is 86.8 Å². The number of aryl methyl sites for hydroxylation is 1. The number of hydrogen-bond donors (Lipinski definition) is 1. The second-order valence-electron chi connectivity index (χ2n) is 8.27. The fraction of sp³-hybridized carbons (Fsp3) is 0.417. The minimum absolute atomic E-state index is 0.119. The molecule has 7 nitrogen and oxygen atoms in total. The van der Waals surface area contributed by atoms with Crippen LogP contribution in [0, 0.1) is 0 Å². The number of amides is 2. The maximum Gasteiger partial charge on any atom is 0.286 e. The Kier molecular flexibility index (Phi) is 8.94. The van der Waals surface area contributed by atoms with Crippen molar-refractivity contribution in [1.82, 2.24) is 9.21 Å². The van der Waals surface area contributed by atoms with Crippen molar-refractivity contribution in [3.05, 3.63) is 54.1 Å². The third-order valence-electron chi connectivity index (χ3n) is 5.49. The van der Waals surface area contributed by atoms with Gasteiger partial charge in [-0.25, -0.2) is 8.42 Å². The second-order valence-corrected chi connectivity index (χ2v) is 11.2. The van der Waals surface area contributed by atoms with E-state index in [1.165, 1.54) is 4.90 Å². The number of nitrogens with zero attached hydrogens (tertiary/aromatic N) is 2. The molecule has 0 radical (unpaired) electrons. The first-order valence-corrected chi connectivity index (χ1v) is 13.4. The number of rotatable bonds is 7. The molecule has 33 heavy (non-hydrogen) atoms. The smallest absolute Gasteiger partial charge is 0.286 e. The van der Waals surface area contributed by atoms with Crippen molar-refractivity contribution in [1.29, 1.82) is 0 Å². The highest BCUT2D eigenvalue weighted by Gasteiger charge is 2.25. The highest BCUT2D eigenvalue weighted by Crippen LogP contribution is 2.29. The molecule has 1 saturated heterocycles. The third kappa shape index (κ3) is 7.06. The molecule has 2 aromatic carbocycles. The first kappa shape index (κ1) is 25.3. The van der Waals surface area contributed by atoms with Gasteiger partial charge in [0.2, 0.25) is 15.9 Å². The van der Waals surface area contributed by atoms with Gasteiger partial charge in [-0.05, 0) is 60.9 Å². The summed E-state index contributed by atoms with van der Waals surface area (Å²) in [4.78, 5) is 27.0. The van der Waals surface area contributed by atoms with Crippen LogP contribution in [0.5, 0.6) is 0 Å². The number of sulfonamides is 1. The van der Waals surface area contributed by atoms with Crippen LogP contribution in [0.3, 0.4) is 0 Å². The van der Waals surface area contributed by atoms with Crippen LogP contribution in [0.1, 0.15) is 37.7 Å². The molecule has 1 aliphatic heterocycles. The van der Waals surface area contributed by atoms with Gasteiger partial charge < -0.3 is 10.2 Å². The molecule has 1 fully saturated rings. The van der Waals surface area contributed by atoms with Gasteiger partial charge in [0, 0.05) is 38.5 Å². The zero-order valence-electron chi connectivity index (χ0n) is 19.1. The summed E-state index contributed by atoms with van der Waals surface area (Å²) in [6.45, 7) is 1.15. The summed E-state index contributed by atoms with van der Waals surface area (Å²) in [7, 11) is -0.111. The van der Waals surface area contributed by atoms with Gasteiger partial charge in [0.15, 0.2) is 0 Å². The molecule has 1 heterocycles.